The highest BCUT2D eigenvalue weighted by Gasteiger charge is 2.06. The fourth-order valence-corrected chi connectivity index (χ4v) is 1.05. The molecule has 12 heavy (non-hydrogen) atoms. The van der Waals surface area contributed by atoms with Crippen molar-refractivity contribution < 1.29 is 5.11 Å². The zero-order valence-electron chi connectivity index (χ0n) is 6.55. The van der Waals surface area contributed by atoms with Crippen LogP contribution in [0.3, 0.4) is 0 Å². The molecule has 0 aliphatic rings. The van der Waals surface area contributed by atoms with Crippen LogP contribution in [0.1, 0.15) is 13.2 Å². The Kier molecular flexibility index (Phi) is 1.51. The third-order valence-corrected chi connectivity index (χ3v) is 1.58. The molecule has 0 aromatic carbocycles. The van der Waals surface area contributed by atoms with Gasteiger partial charge in [0, 0.05) is 12.4 Å². The molecule has 1 atom stereocenters. The average molecular weight is 164 g/mol. The van der Waals surface area contributed by atoms with Gasteiger partial charge in [-0.05, 0) is 6.92 Å². The molecule has 0 unspecified atom stereocenters. The highest BCUT2D eigenvalue weighted by atomic mass is 16.3. The lowest BCUT2D eigenvalue weighted by atomic mass is 10.5. The van der Waals surface area contributed by atoms with E-state index in [4.69, 9.17) is 0 Å². The van der Waals surface area contributed by atoms with Crippen LogP contribution in [0.5, 0.6) is 0 Å². The highest BCUT2D eigenvalue weighted by Crippen LogP contribution is 2.10. The third-order valence-electron chi connectivity index (χ3n) is 1.58. The van der Waals surface area contributed by atoms with Crippen LogP contribution in [0.4, 0.5) is 0 Å². The van der Waals surface area contributed by atoms with Gasteiger partial charge in [-0.15, -0.1) is 0 Å². The topological polar surface area (TPSA) is 63.8 Å². The molecule has 0 bridgehead atoms. The minimum absolute atomic E-state index is 0.604. The second-order valence-electron chi connectivity index (χ2n) is 2.49. The van der Waals surface area contributed by atoms with Crippen LogP contribution in [-0.4, -0.2) is 24.9 Å². The van der Waals surface area contributed by atoms with Crippen molar-refractivity contribution in [1.82, 2.24) is 19.7 Å². The van der Waals surface area contributed by atoms with Crippen LogP contribution in [0.2, 0.25) is 0 Å². The zero-order chi connectivity index (χ0) is 8.55. The first-order chi connectivity index (χ1) is 5.79. The van der Waals surface area contributed by atoms with Crippen LogP contribution >= 0.6 is 0 Å². The Morgan fingerprint density at radius 3 is 2.92 bits per heavy atom. The SMILES string of the molecule is C[C@@H](O)n1ncc2nccnc21. The molecule has 0 aliphatic heterocycles. The minimum Gasteiger partial charge on any atom is -0.372 e. The number of hydrogen-bond donors (Lipinski definition) is 1. The van der Waals surface area contributed by atoms with Crippen molar-refractivity contribution in [3.63, 3.8) is 0 Å². The summed E-state index contributed by atoms with van der Waals surface area (Å²) in [6.45, 7) is 1.63. The van der Waals surface area contributed by atoms with Gasteiger partial charge >= 0.3 is 0 Å². The lowest BCUT2D eigenvalue weighted by Gasteiger charge is -2.03. The molecule has 0 fully saturated rings. The molecule has 2 aromatic heterocycles. The van der Waals surface area contributed by atoms with Crippen LogP contribution in [0, 0.1) is 0 Å². The average Bonchev–Trinajstić information content (AvgIpc) is 2.47. The molecule has 0 saturated heterocycles. The molecule has 0 spiro atoms. The predicted octanol–water partition coefficient (Wildman–Crippen LogP) is 0.337. The van der Waals surface area contributed by atoms with Crippen LogP contribution in [0.25, 0.3) is 11.2 Å². The van der Waals surface area contributed by atoms with Gasteiger partial charge in [-0.2, -0.15) is 5.10 Å². The Morgan fingerprint density at radius 2 is 2.17 bits per heavy atom. The monoisotopic (exact) mass is 164 g/mol. The summed E-state index contributed by atoms with van der Waals surface area (Å²) < 4.78 is 1.42. The number of hydrogen-bond acceptors (Lipinski definition) is 4. The van der Waals surface area contributed by atoms with E-state index in [-0.39, 0.29) is 0 Å². The summed E-state index contributed by atoms with van der Waals surface area (Å²) in [5, 5.41) is 13.2. The summed E-state index contributed by atoms with van der Waals surface area (Å²) in [4.78, 5) is 8.07. The van der Waals surface area contributed by atoms with E-state index in [0.29, 0.717) is 11.2 Å². The Hall–Kier alpha value is -1.49. The fraction of sp³-hybridized carbons (Fsp3) is 0.286. The number of aliphatic hydroxyl groups excluding tert-OH is 1. The second kappa shape index (κ2) is 2.53. The first-order valence-electron chi connectivity index (χ1n) is 3.61. The maximum Gasteiger partial charge on any atom is 0.179 e. The van der Waals surface area contributed by atoms with Crippen molar-refractivity contribution in [2.45, 2.75) is 13.2 Å². The van der Waals surface area contributed by atoms with E-state index in [1.165, 1.54) is 4.68 Å². The molecular formula is C7H8N4O. The van der Waals surface area contributed by atoms with Crippen molar-refractivity contribution in [3.8, 4) is 0 Å². The van der Waals surface area contributed by atoms with Gasteiger partial charge in [0.15, 0.2) is 5.65 Å². The normalized spacial score (nSPS) is 13.5. The standard InChI is InChI=1S/C7H8N4O/c1-5(12)11-7-6(4-10-11)8-2-3-9-7/h2-5,12H,1H3/t5-/m1/s1. The van der Waals surface area contributed by atoms with E-state index in [9.17, 15) is 5.11 Å². The molecule has 0 aliphatic carbocycles. The van der Waals surface area contributed by atoms with E-state index < -0.39 is 6.23 Å². The molecule has 1 N–H and O–H groups in total. The Bertz CT molecular complexity index is 395. The maximum absolute atomic E-state index is 9.24. The van der Waals surface area contributed by atoms with Crippen LogP contribution in [-0.2, 0) is 0 Å². The zero-order valence-corrected chi connectivity index (χ0v) is 6.55. The van der Waals surface area contributed by atoms with Gasteiger partial charge in [0.25, 0.3) is 0 Å². The molecule has 2 aromatic rings. The summed E-state index contributed by atoms with van der Waals surface area (Å²) in [7, 11) is 0. The molecular weight excluding hydrogens is 156 g/mol. The largest absolute Gasteiger partial charge is 0.372 e. The number of nitrogens with zero attached hydrogens (tertiary/aromatic N) is 4. The molecule has 62 valence electrons. The lowest BCUT2D eigenvalue weighted by molar-refractivity contribution is 0.115. The Morgan fingerprint density at radius 1 is 1.42 bits per heavy atom. The van der Waals surface area contributed by atoms with E-state index in [1.807, 2.05) is 0 Å². The van der Waals surface area contributed by atoms with Gasteiger partial charge in [-0.3, -0.25) is 0 Å². The summed E-state index contributed by atoms with van der Waals surface area (Å²) in [5.41, 5.74) is 1.30. The van der Waals surface area contributed by atoms with Crippen molar-refractivity contribution >= 4 is 11.2 Å². The second-order valence-corrected chi connectivity index (χ2v) is 2.49. The first kappa shape index (κ1) is 7.17. The highest BCUT2D eigenvalue weighted by molar-refractivity contribution is 5.68. The molecule has 5 nitrogen and oxygen atoms in total. The lowest BCUT2D eigenvalue weighted by Crippen LogP contribution is -2.05. The van der Waals surface area contributed by atoms with Gasteiger partial charge in [0.2, 0.25) is 0 Å². The van der Waals surface area contributed by atoms with E-state index in [2.05, 4.69) is 15.1 Å². The third kappa shape index (κ3) is 0.947. The summed E-state index contributed by atoms with van der Waals surface area (Å²) >= 11 is 0. The Labute approximate surface area is 68.7 Å². The van der Waals surface area contributed by atoms with Gasteiger partial charge in [0.1, 0.15) is 11.7 Å². The number of fused-ring (bicyclic) bond motifs is 1. The fourth-order valence-electron chi connectivity index (χ4n) is 1.05. The molecule has 5 heteroatoms. The summed E-state index contributed by atoms with van der Waals surface area (Å²) in [6.07, 6.45) is 4.08. The van der Waals surface area contributed by atoms with Gasteiger partial charge in [-0.1, -0.05) is 0 Å². The van der Waals surface area contributed by atoms with E-state index in [0.717, 1.165) is 0 Å². The van der Waals surface area contributed by atoms with E-state index >= 15 is 0 Å². The van der Waals surface area contributed by atoms with E-state index in [1.54, 1.807) is 25.5 Å². The number of aromatic nitrogens is 4. The Balaban J connectivity index is 2.70. The molecule has 0 radical (unpaired) electrons. The summed E-state index contributed by atoms with van der Waals surface area (Å²) in [6, 6.07) is 0. The predicted molar refractivity (Wildman–Crippen MR) is 42.3 cm³/mol. The van der Waals surface area contributed by atoms with Crippen molar-refractivity contribution in [2.75, 3.05) is 0 Å². The maximum atomic E-state index is 9.24. The van der Waals surface area contributed by atoms with Gasteiger partial charge in [0.05, 0.1) is 6.20 Å². The van der Waals surface area contributed by atoms with Gasteiger partial charge in [-0.25, -0.2) is 14.6 Å². The van der Waals surface area contributed by atoms with Crippen molar-refractivity contribution in [3.05, 3.63) is 18.6 Å². The smallest absolute Gasteiger partial charge is 0.179 e. The van der Waals surface area contributed by atoms with Crippen molar-refractivity contribution in [1.29, 1.82) is 0 Å². The number of aliphatic hydroxyl groups is 1. The molecule has 0 amide bonds. The first-order valence-corrected chi connectivity index (χ1v) is 3.61. The minimum atomic E-state index is -0.667. The van der Waals surface area contributed by atoms with Gasteiger partial charge < -0.3 is 5.11 Å². The molecule has 2 rings (SSSR count). The van der Waals surface area contributed by atoms with Crippen molar-refractivity contribution in [2.24, 2.45) is 0 Å². The molecule has 2 heterocycles. The number of rotatable bonds is 1. The molecule has 0 saturated carbocycles. The quantitative estimate of drug-likeness (QED) is 0.660. The summed E-state index contributed by atoms with van der Waals surface area (Å²) in [5.74, 6) is 0. The van der Waals surface area contributed by atoms with Crippen LogP contribution in [0.15, 0.2) is 18.6 Å². The van der Waals surface area contributed by atoms with Crippen LogP contribution < -0.4 is 0 Å².